The summed E-state index contributed by atoms with van der Waals surface area (Å²) in [6.45, 7) is 4.92. The highest BCUT2D eigenvalue weighted by Crippen LogP contribution is 2.24. The first-order valence-corrected chi connectivity index (χ1v) is 6.83. The largest absolute Gasteiger partial charge is 0.497 e. The lowest BCUT2D eigenvalue weighted by Gasteiger charge is -2.13. The van der Waals surface area contributed by atoms with Crippen LogP contribution in [0.2, 0.25) is 0 Å². The Morgan fingerprint density at radius 3 is 2.68 bits per heavy atom. The summed E-state index contributed by atoms with van der Waals surface area (Å²) in [4.78, 5) is 0. The van der Waals surface area contributed by atoms with Crippen LogP contribution in [0.15, 0.2) is 18.2 Å². The van der Waals surface area contributed by atoms with Crippen LogP contribution in [0.1, 0.15) is 25.3 Å². The molecule has 0 spiro atoms. The van der Waals surface area contributed by atoms with Gasteiger partial charge in [0.1, 0.15) is 18.1 Å². The van der Waals surface area contributed by atoms with E-state index in [9.17, 15) is 0 Å². The quantitative estimate of drug-likeness (QED) is 0.661. The molecule has 0 aliphatic rings. The Morgan fingerprint density at radius 2 is 2.00 bits per heavy atom. The molecule has 1 aromatic carbocycles. The molecule has 1 aromatic rings. The molecule has 108 valence electrons. The highest BCUT2D eigenvalue weighted by Gasteiger charge is 2.05. The van der Waals surface area contributed by atoms with Gasteiger partial charge in [-0.05, 0) is 19.5 Å². The van der Waals surface area contributed by atoms with Crippen molar-refractivity contribution in [3.63, 3.8) is 0 Å². The van der Waals surface area contributed by atoms with E-state index in [1.165, 1.54) is 0 Å². The van der Waals surface area contributed by atoms with E-state index < -0.39 is 0 Å². The van der Waals surface area contributed by atoms with Crippen molar-refractivity contribution in [3.05, 3.63) is 23.8 Å². The van der Waals surface area contributed by atoms with E-state index in [2.05, 4.69) is 12.2 Å². The molecule has 0 saturated heterocycles. The molecule has 0 aliphatic heterocycles. The SMILES string of the molecule is CCCCOCCOc1cc(OC)ccc1CNC. The first-order chi connectivity index (χ1) is 9.31. The number of benzene rings is 1. The normalized spacial score (nSPS) is 10.5. The number of methoxy groups -OCH3 is 1. The van der Waals surface area contributed by atoms with Crippen molar-refractivity contribution in [2.45, 2.75) is 26.3 Å². The van der Waals surface area contributed by atoms with Crippen LogP contribution in [-0.4, -0.2) is 34.0 Å². The van der Waals surface area contributed by atoms with Crippen molar-refractivity contribution in [2.75, 3.05) is 34.0 Å². The Kier molecular flexibility index (Phi) is 8.02. The molecule has 1 N–H and O–H groups in total. The van der Waals surface area contributed by atoms with Gasteiger partial charge in [0.25, 0.3) is 0 Å². The maximum atomic E-state index is 5.77. The first-order valence-electron chi connectivity index (χ1n) is 6.83. The van der Waals surface area contributed by atoms with E-state index in [1.54, 1.807) is 7.11 Å². The van der Waals surface area contributed by atoms with Crippen molar-refractivity contribution in [2.24, 2.45) is 0 Å². The molecule has 0 aromatic heterocycles. The van der Waals surface area contributed by atoms with Gasteiger partial charge < -0.3 is 19.5 Å². The van der Waals surface area contributed by atoms with Crippen LogP contribution in [0.3, 0.4) is 0 Å². The number of rotatable bonds is 10. The highest BCUT2D eigenvalue weighted by atomic mass is 16.5. The molecule has 0 fully saturated rings. The molecule has 4 nitrogen and oxygen atoms in total. The summed E-state index contributed by atoms with van der Waals surface area (Å²) in [6.07, 6.45) is 2.26. The Morgan fingerprint density at radius 1 is 1.16 bits per heavy atom. The van der Waals surface area contributed by atoms with Crippen molar-refractivity contribution in [1.82, 2.24) is 5.32 Å². The molecule has 0 amide bonds. The predicted octanol–water partition coefficient (Wildman–Crippen LogP) is 2.61. The van der Waals surface area contributed by atoms with Crippen molar-refractivity contribution >= 4 is 0 Å². The van der Waals surface area contributed by atoms with E-state index in [0.29, 0.717) is 13.2 Å². The van der Waals surface area contributed by atoms with Gasteiger partial charge in [-0.2, -0.15) is 0 Å². The minimum Gasteiger partial charge on any atom is -0.497 e. The Labute approximate surface area is 116 Å². The predicted molar refractivity (Wildman–Crippen MR) is 77.0 cm³/mol. The van der Waals surface area contributed by atoms with Crippen LogP contribution in [0.4, 0.5) is 0 Å². The fraction of sp³-hybridized carbons (Fsp3) is 0.600. The second-order valence-electron chi connectivity index (χ2n) is 4.32. The lowest BCUT2D eigenvalue weighted by Crippen LogP contribution is -2.11. The Balaban J connectivity index is 2.45. The van der Waals surface area contributed by atoms with Crippen LogP contribution < -0.4 is 14.8 Å². The molecule has 19 heavy (non-hydrogen) atoms. The molecule has 0 heterocycles. The second-order valence-corrected chi connectivity index (χ2v) is 4.32. The van der Waals surface area contributed by atoms with Crippen LogP contribution in [0, 0.1) is 0 Å². The third-order valence-corrected chi connectivity index (χ3v) is 2.77. The molecule has 4 heteroatoms. The number of unbranched alkanes of at least 4 members (excludes halogenated alkanes) is 1. The lowest BCUT2D eigenvalue weighted by atomic mass is 10.2. The van der Waals surface area contributed by atoms with E-state index in [-0.39, 0.29) is 0 Å². The van der Waals surface area contributed by atoms with Gasteiger partial charge in [-0.15, -0.1) is 0 Å². The molecule has 1 rings (SSSR count). The summed E-state index contributed by atoms with van der Waals surface area (Å²) in [7, 11) is 3.58. The molecule has 0 aliphatic carbocycles. The average Bonchev–Trinajstić information content (AvgIpc) is 2.44. The minimum absolute atomic E-state index is 0.563. The fourth-order valence-electron chi connectivity index (χ4n) is 1.69. The molecule has 0 bridgehead atoms. The smallest absolute Gasteiger partial charge is 0.127 e. The lowest BCUT2D eigenvalue weighted by molar-refractivity contribution is 0.0976. The molecular weight excluding hydrogens is 242 g/mol. The van der Waals surface area contributed by atoms with E-state index in [4.69, 9.17) is 14.2 Å². The van der Waals surface area contributed by atoms with Gasteiger partial charge in [-0.1, -0.05) is 19.4 Å². The maximum Gasteiger partial charge on any atom is 0.127 e. The zero-order valence-corrected chi connectivity index (χ0v) is 12.2. The summed E-state index contributed by atoms with van der Waals surface area (Å²) < 4.78 is 16.5. The number of ether oxygens (including phenoxy) is 3. The molecule has 0 atom stereocenters. The summed E-state index contributed by atoms with van der Waals surface area (Å²) >= 11 is 0. The van der Waals surface area contributed by atoms with Crippen molar-refractivity contribution in [1.29, 1.82) is 0 Å². The first kappa shape index (κ1) is 15.8. The average molecular weight is 267 g/mol. The third-order valence-electron chi connectivity index (χ3n) is 2.77. The summed E-state index contributed by atoms with van der Waals surface area (Å²) in [5.74, 6) is 1.66. The minimum atomic E-state index is 0.563. The van der Waals surface area contributed by atoms with E-state index in [0.717, 1.165) is 43.1 Å². The van der Waals surface area contributed by atoms with Crippen LogP contribution in [-0.2, 0) is 11.3 Å². The van der Waals surface area contributed by atoms with E-state index >= 15 is 0 Å². The van der Waals surface area contributed by atoms with Gasteiger partial charge in [0, 0.05) is 24.8 Å². The molecule has 0 unspecified atom stereocenters. The number of hydrogen-bond acceptors (Lipinski definition) is 4. The summed E-state index contributed by atoms with van der Waals surface area (Å²) in [6, 6.07) is 5.87. The van der Waals surface area contributed by atoms with E-state index in [1.807, 2.05) is 25.2 Å². The van der Waals surface area contributed by atoms with Gasteiger partial charge in [0.2, 0.25) is 0 Å². The van der Waals surface area contributed by atoms with Crippen LogP contribution in [0.5, 0.6) is 11.5 Å². The standard InChI is InChI=1S/C15H25NO3/c1-4-5-8-18-9-10-19-15-11-14(17-3)7-6-13(15)12-16-2/h6-7,11,16H,4-5,8-10,12H2,1-3H3. The maximum absolute atomic E-state index is 5.77. The van der Waals surface area contributed by atoms with Gasteiger partial charge in [0.15, 0.2) is 0 Å². The summed E-state index contributed by atoms with van der Waals surface area (Å²) in [5.41, 5.74) is 1.12. The zero-order valence-electron chi connectivity index (χ0n) is 12.2. The van der Waals surface area contributed by atoms with Crippen molar-refractivity contribution < 1.29 is 14.2 Å². The molecular formula is C15H25NO3. The van der Waals surface area contributed by atoms with Gasteiger partial charge in [0.05, 0.1) is 13.7 Å². The fourth-order valence-corrected chi connectivity index (χ4v) is 1.69. The highest BCUT2D eigenvalue weighted by molar-refractivity contribution is 5.40. The Bertz CT molecular complexity index is 355. The second kappa shape index (κ2) is 9.64. The van der Waals surface area contributed by atoms with Gasteiger partial charge in [-0.25, -0.2) is 0 Å². The topological polar surface area (TPSA) is 39.7 Å². The zero-order chi connectivity index (χ0) is 13.9. The number of nitrogens with one attached hydrogen (secondary N) is 1. The van der Waals surface area contributed by atoms with Crippen LogP contribution in [0.25, 0.3) is 0 Å². The van der Waals surface area contributed by atoms with Gasteiger partial charge in [-0.3, -0.25) is 0 Å². The third kappa shape index (κ3) is 5.94. The monoisotopic (exact) mass is 267 g/mol. The van der Waals surface area contributed by atoms with Crippen LogP contribution >= 0.6 is 0 Å². The Hall–Kier alpha value is -1.26. The van der Waals surface area contributed by atoms with Crippen molar-refractivity contribution in [3.8, 4) is 11.5 Å². The summed E-state index contributed by atoms with van der Waals surface area (Å²) in [5, 5.41) is 3.13. The molecule has 0 radical (unpaired) electrons. The number of hydrogen-bond donors (Lipinski definition) is 1. The molecule has 0 saturated carbocycles. The van der Waals surface area contributed by atoms with Gasteiger partial charge >= 0.3 is 0 Å².